The molecule has 1 saturated heterocycles. The largest absolute Gasteiger partial charge is 0.347 e. The molecular formula is C13H18ClN3O. The summed E-state index contributed by atoms with van der Waals surface area (Å²) in [7, 11) is 0. The standard InChI is InChI=1S/C13H18ClN3O/c14-9-6-12(17(8-9)11-3-4-11)13(18)16-10-2-1-5-15-7-10/h6,8,10-11,15H,1-5,7H2,(H,16,18). The van der Waals surface area contributed by atoms with Gasteiger partial charge in [-0.05, 0) is 38.3 Å². The number of nitrogens with zero attached hydrogens (tertiary/aromatic N) is 1. The molecule has 5 heteroatoms. The number of carbonyl (C=O) groups is 1. The number of hydrogen-bond donors (Lipinski definition) is 2. The number of hydrogen-bond acceptors (Lipinski definition) is 2. The van der Waals surface area contributed by atoms with Crippen molar-refractivity contribution in [2.24, 2.45) is 0 Å². The van der Waals surface area contributed by atoms with E-state index in [-0.39, 0.29) is 11.9 Å². The summed E-state index contributed by atoms with van der Waals surface area (Å²) in [6.45, 7) is 1.92. The summed E-state index contributed by atoms with van der Waals surface area (Å²) in [4.78, 5) is 12.3. The summed E-state index contributed by atoms with van der Waals surface area (Å²) in [5.41, 5.74) is 0.702. The van der Waals surface area contributed by atoms with Crippen LogP contribution in [0.25, 0.3) is 0 Å². The maximum absolute atomic E-state index is 12.3. The van der Waals surface area contributed by atoms with Crippen molar-refractivity contribution in [2.75, 3.05) is 13.1 Å². The van der Waals surface area contributed by atoms with Gasteiger partial charge in [0.25, 0.3) is 5.91 Å². The first-order valence-corrected chi connectivity index (χ1v) is 7.01. The van der Waals surface area contributed by atoms with Crippen LogP contribution in [0.2, 0.25) is 5.02 Å². The van der Waals surface area contributed by atoms with Gasteiger partial charge in [-0.25, -0.2) is 0 Å². The molecule has 1 aromatic heterocycles. The molecule has 1 saturated carbocycles. The first kappa shape index (κ1) is 12.1. The Morgan fingerprint density at radius 2 is 2.28 bits per heavy atom. The van der Waals surface area contributed by atoms with Gasteiger partial charge in [-0.2, -0.15) is 0 Å². The zero-order valence-corrected chi connectivity index (χ0v) is 11.0. The molecule has 2 heterocycles. The molecule has 1 aliphatic heterocycles. The van der Waals surface area contributed by atoms with Crippen molar-refractivity contribution in [3.63, 3.8) is 0 Å². The van der Waals surface area contributed by atoms with Gasteiger partial charge in [0.2, 0.25) is 0 Å². The van der Waals surface area contributed by atoms with Crippen LogP contribution in [0.5, 0.6) is 0 Å². The first-order chi connectivity index (χ1) is 8.74. The van der Waals surface area contributed by atoms with Crippen LogP contribution in [-0.2, 0) is 0 Å². The zero-order valence-electron chi connectivity index (χ0n) is 10.3. The molecule has 1 aromatic rings. The maximum atomic E-state index is 12.3. The number of carbonyl (C=O) groups excluding carboxylic acids is 1. The predicted octanol–water partition coefficient (Wildman–Crippen LogP) is 1.96. The van der Waals surface area contributed by atoms with E-state index in [1.165, 1.54) is 0 Å². The number of halogens is 1. The Balaban J connectivity index is 1.71. The van der Waals surface area contributed by atoms with Gasteiger partial charge in [0.15, 0.2) is 0 Å². The summed E-state index contributed by atoms with van der Waals surface area (Å²) in [6.07, 6.45) is 6.34. The third-order valence-electron chi connectivity index (χ3n) is 3.62. The number of amides is 1. The SMILES string of the molecule is O=C(NC1CCCNC1)c1cc(Cl)cn1C1CC1. The first-order valence-electron chi connectivity index (χ1n) is 6.63. The van der Waals surface area contributed by atoms with E-state index in [1.807, 2.05) is 10.8 Å². The van der Waals surface area contributed by atoms with E-state index < -0.39 is 0 Å². The van der Waals surface area contributed by atoms with Crippen molar-refractivity contribution in [1.29, 1.82) is 0 Å². The lowest BCUT2D eigenvalue weighted by atomic mass is 10.1. The van der Waals surface area contributed by atoms with E-state index in [0.717, 1.165) is 38.8 Å². The Morgan fingerprint density at radius 3 is 2.94 bits per heavy atom. The quantitative estimate of drug-likeness (QED) is 0.879. The van der Waals surface area contributed by atoms with Gasteiger partial charge in [-0.1, -0.05) is 11.6 Å². The minimum atomic E-state index is 0.00231. The molecule has 2 N–H and O–H groups in total. The fraction of sp³-hybridized carbons (Fsp3) is 0.615. The molecule has 1 aliphatic carbocycles. The minimum Gasteiger partial charge on any atom is -0.347 e. The normalized spacial score (nSPS) is 23.9. The van der Waals surface area contributed by atoms with Crippen LogP contribution in [0.3, 0.4) is 0 Å². The van der Waals surface area contributed by atoms with E-state index in [4.69, 9.17) is 11.6 Å². The molecule has 98 valence electrons. The summed E-state index contributed by atoms with van der Waals surface area (Å²) < 4.78 is 2.02. The summed E-state index contributed by atoms with van der Waals surface area (Å²) in [5.74, 6) is 0.00231. The van der Waals surface area contributed by atoms with E-state index in [2.05, 4.69) is 10.6 Å². The van der Waals surface area contributed by atoms with Gasteiger partial charge in [-0.3, -0.25) is 4.79 Å². The van der Waals surface area contributed by atoms with Gasteiger partial charge in [0.1, 0.15) is 5.69 Å². The van der Waals surface area contributed by atoms with Gasteiger partial charge in [-0.15, -0.1) is 0 Å². The average molecular weight is 268 g/mol. The smallest absolute Gasteiger partial charge is 0.268 e. The van der Waals surface area contributed by atoms with Crippen molar-refractivity contribution >= 4 is 17.5 Å². The van der Waals surface area contributed by atoms with Gasteiger partial charge >= 0.3 is 0 Å². The number of rotatable bonds is 3. The number of piperidine rings is 1. The molecule has 1 unspecified atom stereocenters. The third kappa shape index (κ3) is 2.54. The molecular weight excluding hydrogens is 250 g/mol. The highest BCUT2D eigenvalue weighted by Crippen LogP contribution is 2.37. The van der Waals surface area contributed by atoms with Crippen LogP contribution < -0.4 is 10.6 Å². The number of aromatic nitrogens is 1. The predicted molar refractivity (Wildman–Crippen MR) is 71.1 cm³/mol. The molecule has 1 amide bonds. The molecule has 0 bridgehead atoms. The average Bonchev–Trinajstić information content (AvgIpc) is 3.13. The Labute approximate surface area is 112 Å². The maximum Gasteiger partial charge on any atom is 0.268 e. The number of nitrogens with one attached hydrogen (secondary N) is 2. The Bertz CT molecular complexity index is 447. The van der Waals surface area contributed by atoms with Gasteiger partial charge in [0.05, 0.1) is 5.02 Å². The molecule has 2 fully saturated rings. The highest BCUT2D eigenvalue weighted by atomic mass is 35.5. The topological polar surface area (TPSA) is 46.1 Å². The highest BCUT2D eigenvalue weighted by Gasteiger charge is 2.28. The van der Waals surface area contributed by atoms with Gasteiger partial charge in [0, 0.05) is 24.8 Å². The van der Waals surface area contributed by atoms with Crippen molar-refractivity contribution in [3.8, 4) is 0 Å². The van der Waals surface area contributed by atoms with E-state index >= 15 is 0 Å². The van der Waals surface area contributed by atoms with Crippen molar-refractivity contribution in [2.45, 2.75) is 37.8 Å². The Morgan fingerprint density at radius 1 is 1.44 bits per heavy atom. The monoisotopic (exact) mass is 267 g/mol. The molecule has 4 nitrogen and oxygen atoms in total. The van der Waals surface area contributed by atoms with Crippen LogP contribution in [-0.4, -0.2) is 29.6 Å². The molecule has 0 radical (unpaired) electrons. The second-order valence-corrected chi connectivity index (χ2v) is 5.64. The van der Waals surface area contributed by atoms with Crippen LogP contribution >= 0.6 is 11.6 Å². The minimum absolute atomic E-state index is 0.00231. The van der Waals surface area contributed by atoms with Crippen molar-refractivity contribution in [3.05, 3.63) is 23.0 Å². The molecule has 0 aromatic carbocycles. The third-order valence-corrected chi connectivity index (χ3v) is 3.83. The summed E-state index contributed by atoms with van der Waals surface area (Å²) in [5, 5.41) is 7.04. The molecule has 18 heavy (non-hydrogen) atoms. The second kappa shape index (κ2) is 4.94. The Hall–Kier alpha value is -1.00. The van der Waals surface area contributed by atoms with Gasteiger partial charge < -0.3 is 15.2 Å². The molecule has 2 aliphatic rings. The summed E-state index contributed by atoms with van der Waals surface area (Å²) in [6, 6.07) is 2.49. The lowest BCUT2D eigenvalue weighted by Gasteiger charge is -2.24. The molecule has 0 spiro atoms. The van der Waals surface area contributed by atoms with Crippen molar-refractivity contribution in [1.82, 2.24) is 15.2 Å². The lowest BCUT2D eigenvalue weighted by Crippen LogP contribution is -2.46. The Kier molecular flexibility index (Phi) is 3.31. The summed E-state index contributed by atoms with van der Waals surface area (Å²) >= 11 is 6.01. The second-order valence-electron chi connectivity index (χ2n) is 5.20. The van der Waals surface area contributed by atoms with Crippen LogP contribution in [0, 0.1) is 0 Å². The van der Waals surface area contributed by atoms with E-state index in [0.29, 0.717) is 16.8 Å². The van der Waals surface area contributed by atoms with E-state index in [1.54, 1.807) is 6.07 Å². The molecule has 3 rings (SSSR count). The zero-order chi connectivity index (χ0) is 12.5. The fourth-order valence-electron chi connectivity index (χ4n) is 2.52. The fourth-order valence-corrected chi connectivity index (χ4v) is 2.73. The van der Waals surface area contributed by atoms with Crippen LogP contribution in [0.4, 0.5) is 0 Å². The van der Waals surface area contributed by atoms with Crippen LogP contribution in [0.15, 0.2) is 12.3 Å². The molecule has 1 atom stereocenters. The van der Waals surface area contributed by atoms with Crippen molar-refractivity contribution < 1.29 is 4.79 Å². The van der Waals surface area contributed by atoms with E-state index in [9.17, 15) is 4.79 Å². The lowest BCUT2D eigenvalue weighted by molar-refractivity contribution is 0.0921. The van der Waals surface area contributed by atoms with Crippen LogP contribution in [0.1, 0.15) is 42.2 Å². The highest BCUT2D eigenvalue weighted by molar-refractivity contribution is 6.31.